The number of phenols is 1. The lowest BCUT2D eigenvalue weighted by atomic mass is 10.1. The number of anilines is 2. The Bertz CT molecular complexity index is 718. The minimum Gasteiger partial charge on any atom is -0.508 e. The third-order valence-electron chi connectivity index (χ3n) is 3.14. The molecule has 2 rings (SSSR count). The van der Waals surface area contributed by atoms with Gasteiger partial charge >= 0.3 is 11.8 Å². The molecule has 0 aliphatic heterocycles. The number of benzene rings is 2. The van der Waals surface area contributed by atoms with Crippen LogP contribution in [-0.2, 0) is 9.59 Å². The Labute approximate surface area is 129 Å². The predicted octanol–water partition coefficient (Wildman–Crippen LogP) is 2.89. The van der Waals surface area contributed by atoms with Gasteiger partial charge in [0.2, 0.25) is 0 Å². The summed E-state index contributed by atoms with van der Waals surface area (Å²) in [6.45, 7) is 5.57. The smallest absolute Gasteiger partial charge is 0.314 e. The fourth-order valence-corrected chi connectivity index (χ4v) is 2.20. The molecule has 2 amide bonds. The van der Waals surface area contributed by atoms with Crippen molar-refractivity contribution in [2.45, 2.75) is 20.8 Å². The van der Waals surface area contributed by atoms with Crippen LogP contribution in [0.15, 0.2) is 36.4 Å². The molecular weight excluding hydrogens is 280 g/mol. The molecule has 114 valence electrons. The lowest BCUT2D eigenvalue weighted by molar-refractivity contribution is -0.133. The summed E-state index contributed by atoms with van der Waals surface area (Å²) in [7, 11) is 0. The molecule has 0 aliphatic carbocycles. The van der Waals surface area contributed by atoms with Crippen LogP contribution in [0.25, 0.3) is 0 Å². The lowest BCUT2D eigenvalue weighted by Crippen LogP contribution is -2.29. The van der Waals surface area contributed by atoms with Gasteiger partial charge in [-0.15, -0.1) is 0 Å². The van der Waals surface area contributed by atoms with E-state index < -0.39 is 11.8 Å². The van der Waals surface area contributed by atoms with E-state index in [9.17, 15) is 14.7 Å². The maximum Gasteiger partial charge on any atom is 0.314 e. The number of carbonyl (C=O) groups excluding carboxylic acids is 2. The standard InChI is InChI=1S/C17H18N2O3/c1-10-6-11(2)8-13(7-10)18-16(21)17(22)19-15-5-4-14(20)9-12(15)3/h4-9,20H,1-3H3,(H,18,21)(H,19,22). The zero-order valence-electron chi connectivity index (χ0n) is 12.7. The molecule has 0 radical (unpaired) electrons. The molecule has 0 aliphatic rings. The van der Waals surface area contributed by atoms with Crippen molar-refractivity contribution >= 4 is 23.2 Å². The first-order valence-corrected chi connectivity index (χ1v) is 6.85. The molecule has 5 heteroatoms. The van der Waals surface area contributed by atoms with Gasteiger partial charge in [0.15, 0.2) is 0 Å². The number of carbonyl (C=O) groups is 2. The van der Waals surface area contributed by atoms with Gasteiger partial charge in [-0.2, -0.15) is 0 Å². The van der Waals surface area contributed by atoms with E-state index >= 15 is 0 Å². The van der Waals surface area contributed by atoms with Crippen molar-refractivity contribution < 1.29 is 14.7 Å². The molecule has 2 aromatic carbocycles. The van der Waals surface area contributed by atoms with Gasteiger partial charge in [0.1, 0.15) is 5.75 Å². The van der Waals surface area contributed by atoms with Crippen LogP contribution in [0.2, 0.25) is 0 Å². The number of amides is 2. The van der Waals surface area contributed by atoms with Crippen molar-refractivity contribution in [2.75, 3.05) is 10.6 Å². The highest BCUT2D eigenvalue weighted by Gasteiger charge is 2.15. The molecule has 22 heavy (non-hydrogen) atoms. The van der Waals surface area contributed by atoms with Crippen LogP contribution in [0, 0.1) is 20.8 Å². The molecule has 0 aromatic heterocycles. The minimum absolute atomic E-state index is 0.107. The highest BCUT2D eigenvalue weighted by Crippen LogP contribution is 2.20. The minimum atomic E-state index is -0.757. The summed E-state index contributed by atoms with van der Waals surface area (Å²) in [5, 5.41) is 14.4. The van der Waals surface area contributed by atoms with Crippen molar-refractivity contribution in [1.82, 2.24) is 0 Å². The number of hydrogen-bond donors (Lipinski definition) is 3. The molecule has 2 aromatic rings. The van der Waals surface area contributed by atoms with Crippen LogP contribution in [-0.4, -0.2) is 16.9 Å². The third-order valence-corrected chi connectivity index (χ3v) is 3.14. The lowest BCUT2D eigenvalue weighted by Gasteiger charge is -2.10. The first kappa shape index (κ1) is 15.6. The fourth-order valence-electron chi connectivity index (χ4n) is 2.20. The molecule has 3 N–H and O–H groups in total. The first-order chi connectivity index (χ1) is 10.3. The van der Waals surface area contributed by atoms with Gasteiger partial charge in [-0.05, 0) is 67.8 Å². The SMILES string of the molecule is Cc1cc(C)cc(NC(=O)C(=O)Nc2ccc(O)cc2C)c1. The number of hydrogen-bond acceptors (Lipinski definition) is 3. The van der Waals surface area contributed by atoms with E-state index in [1.54, 1.807) is 25.1 Å². The second kappa shape index (κ2) is 6.30. The number of phenolic OH excluding ortho intramolecular Hbond substituents is 1. The quantitative estimate of drug-likeness (QED) is 0.589. The molecule has 5 nitrogen and oxygen atoms in total. The molecule has 0 heterocycles. The molecule has 0 saturated carbocycles. The molecule has 0 unspecified atom stereocenters. The van der Waals surface area contributed by atoms with Crippen LogP contribution < -0.4 is 10.6 Å². The summed E-state index contributed by atoms with van der Waals surface area (Å²) in [5.74, 6) is -1.39. The van der Waals surface area contributed by atoms with E-state index in [-0.39, 0.29) is 5.75 Å². The van der Waals surface area contributed by atoms with Gasteiger partial charge in [-0.3, -0.25) is 9.59 Å². The van der Waals surface area contributed by atoms with Crippen molar-refractivity contribution in [3.8, 4) is 5.75 Å². The topological polar surface area (TPSA) is 78.4 Å². The summed E-state index contributed by atoms with van der Waals surface area (Å²) in [4.78, 5) is 23.9. The zero-order chi connectivity index (χ0) is 16.3. The summed E-state index contributed by atoms with van der Waals surface area (Å²) >= 11 is 0. The Morgan fingerprint density at radius 1 is 0.864 bits per heavy atom. The Hall–Kier alpha value is -2.82. The van der Waals surface area contributed by atoms with Gasteiger partial charge in [0.05, 0.1) is 0 Å². The fraction of sp³-hybridized carbons (Fsp3) is 0.176. The summed E-state index contributed by atoms with van der Waals surface area (Å²) in [6, 6.07) is 10.1. The Morgan fingerprint density at radius 2 is 1.45 bits per heavy atom. The summed E-state index contributed by atoms with van der Waals surface area (Å²) in [6.07, 6.45) is 0. The van der Waals surface area contributed by atoms with E-state index in [0.29, 0.717) is 16.9 Å². The van der Waals surface area contributed by atoms with Crippen molar-refractivity contribution in [3.63, 3.8) is 0 Å². The monoisotopic (exact) mass is 298 g/mol. The Morgan fingerprint density at radius 3 is 2.05 bits per heavy atom. The Kier molecular flexibility index (Phi) is 4.46. The highest BCUT2D eigenvalue weighted by molar-refractivity contribution is 6.43. The van der Waals surface area contributed by atoms with Crippen molar-refractivity contribution in [1.29, 1.82) is 0 Å². The summed E-state index contributed by atoms with van der Waals surface area (Å²) < 4.78 is 0. The number of nitrogens with one attached hydrogen (secondary N) is 2. The average molecular weight is 298 g/mol. The van der Waals surface area contributed by atoms with E-state index in [2.05, 4.69) is 10.6 Å². The van der Waals surface area contributed by atoms with Crippen molar-refractivity contribution in [3.05, 3.63) is 53.1 Å². The van der Waals surface area contributed by atoms with Gasteiger partial charge in [-0.25, -0.2) is 0 Å². The zero-order valence-corrected chi connectivity index (χ0v) is 12.7. The molecule has 0 saturated heterocycles. The molecular formula is C17H18N2O3. The van der Waals surface area contributed by atoms with E-state index in [1.165, 1.54) is 12.1 Å². The van der Waals surface area contributed by atoms with Gasteiger partial charge < -0.3 is 15.7 Å². The molecule has 0 atom stereocenters. The predicted molar refractivity (Wildman–Crippen MR) is 86.0 cm³/mol. The number of rotatable bonds is 2. The van der Waals surface area contributed by atoms with Crippen LogP contribution in [0.4, 0.5) is 11.4 Å². The molecule has 0 spiro atoms. The van der Waals surface area contributed by atoms with Crippen LogP contribution >= 0.6 is 0 Å². The number of aryl methyl sites for hydroxylation is 3. The van der Waals surface area contributed by atoms with Gasteiger partial charge in [0, 0.05) is 11.4 Å². The van der Waals surface area contributed by atoms with Crippen LogP contribution in [0.3, 0.4) is 0 Å². The third kappa shape index (κ3) is 3.85. The van der Waals surface area contributed by atoms with Gasteiger partial charge in [-0.1, -0.05) is 6.07 Å². The second-order valence-electron chi connectivity index (χ2n) is 5.28. The normalized spacial score (nSPS) is 10.1. The van der Waals surface area contributed by atoms with E-state index in [1.807, 2.05) is 19.9 Å². The van der Waals surface area contributed by atoms with E-state index in [0.717, 1.165) is 11.1 Å². The van der Waals surface area contributed by atoms with E-state index in [4.69, 9.17) is 0 Å². The second-order valence-corrected chi connectivity index (χ2v) is 5.28. The Balaban J connectivity index is 2.07. The maximum absolute atomic E-state index is 11.9. The van der Waals surface area contributed by atoms with Crippen LogP contribution in [0.1, 0.15) is 16.7 Å². The van der Waals surface area contributed by atoms with Crippen LogP contribution in [0.5, 0.6) is 5.75 Å². The average Bonchev–Trinajstić information content (AvgIpc) is 2.40. The number of aromatic hydroxyl groups is 1. The largest absolute Gasteiger partial charge is 0.508 e. The maximum atomic E-state index is 11.9. The molecule has 0 bridgehead atoms. The highest BCUT2D eigenvalue weighted by atomic mass is 16.3. The first-order valence-electron chi connectivity index (χ1n) is 6.85. The van der Waals surface area contributed by atoms with Crippen molar-refractivity contribution in [2.24, 2.45) is 0 Å². The summed E-state index contributed by atoms with van der Waals surface area (Å²) in [5.41, 5.74) is 3.75. The van der Waals surface area contributed by atoms with Gasteiger partial charge in [0.25, 0.3) is 0 Å². The molecule has 0 fully saturated rings.